The quantitative estimate of drug-likeness (QED) is 0.753. The summed E-state index contributed by atoms with van der Waals surface area (Å²) in [4.78, 5) is 25.5. The van der Waals surface area contributed by atoms with E-state index in [0.29, 0.717) is 11.7 Å². The Hall–Kier alpha value is -2.28. The Kier molecular flexibility index (Phi) is 7.89. The van der Waals surface area contributed by atoms with Crippen LogP contribution in [0.1, 0.15) is 53.0 Å². The summed E-state index contributed by atoms with van der Waals surface area (Å²) in [5.41, 5.74) is 6.00. The summed E-state index contributed by atoms with van der Waals surface area (Å²) >= 11 is 0. The third-order valence-corrected chi connectivity index (χ3v) is 3.40. The van der Waals surface area contributed by atoms with E-state index in [1.54, 1.807) is 27.7 Å². The van der Waals surface area contributed by atoms with Crippen LogP contribution in [0.5, 0.6) is 5.75 Å². The average Bonchev–Trinajstić information content (AvgIpc) is 2.50. The molecule has 1 aromatic rings. The first-order valence-electron chi connectivity index (χ1n) is 8.81. The number of nitrogens with one attached hydrogen (secondary N) is 1. The highest BCUT2D eigenvalue weighted by atomic mass is 16.6. The Morgan fingerprint density at radius 3 is 2.19 bits per heavy atom. The van der Waals surface area contributed by atoms with Gasteiger partial charge in [-0.15, -0.1) is 0 Å². The summed E-state index contributed by atoms with van der Waals surface area (Å²) in [6.07, 6.45) is -1.37. The summed E-state index contributed by atoms with van der Waals surface area (Å²) in [5.74, 6) is 1.06. The Morgan fingerprint density at radius 1 is 1.15 bits per heavy atom. The minimum atomic E-state index is -0.742. The van der Waals surface area contributed by atoms with E-state index in [-0.39, 0.29) is 13.1 Å². The fourth-order valence-electron chi connectivity index (χ4n) is 2.14. The molecule has 26 heavy (non-hydrogen) atoms. The molecule has 0 aliphatic heterocycles. The summed E-state index contributed by atoms with van der Waals surface area (Å²) in [5, 5.41) is 2.63. The molecular weight excluding hydrogens is 334 g/mol. The van der Waals surface area contributed by atoms with Gasteiger partial charge in [-0.3, -0.25) is 0 Å². The van der Waals surface area contributed by atoms with Gasteiger partial charge in [0, 0.05) is 13.1 Å². The van der Waals surface area contributed by atoms with Gasteiger partial charge >= 0.3 is 12.1 Å². The number of carbonyl (C=O) groups excluding carboxylic acids is 2. The molecule has 1 unspecified atom stereocenters. The number of carbonyl (C=O) groups is 2. The van der Waals surface area contributed by atoms with Gasteiger partial charge in [-0.05, 0) is 51.3 Å². The van der Waals surface area contributed by atoms with E-state index in [9.17, 15) is 9.59 Å². The first-order valence-corrected chi connectivity index (χ1v) is 8.81. The van der Waals surface area contributed by atoms with Crippen LogP contribution in [0, 0.1) is 0 Å². The van der Waals surface area contributed by atoms with Crippen LogP contribution >= 0.6 is 0 Å². The highest BCUT2D eigenvalue weighted by Crippen LogP contribution is 2.19. The van der Waals surface area contributed by atoms with Crippen LogP contribution in [0.15, 0.2) is 24.3 Å². The van der Waals surface area contributed by atoms with Gasteiger partial charge in [0.1, 0.15) is 11.4 Å². The second kappa shape index (κ2) is 9.43. The minimum absolute atomic E-state index is 0.0521. The SMILES string of the molecule is CC(NC(=O)N(CCN)C(=O)OC(C)(C)C)Oc1ccc(C(C)C)cc1. The molecule has 3 amide bonds. The second-order valence-corrected chi connectivity index (χ2v) is 7.35. The van der Waals surface area contributed by atoms with E-state index >= 15 is 0 Å². The molecule has 0 bridgehead atoms. The topological polar surface area (TPSA) is 93.9 Å². The number of benzene rings is 1. The van der Waals surface area contributed by atoms with Crippen LogP contribution in [0.4, 0.5) is 9.59 Å². The molecular formula is C19H31N3O4. The van der Waals surface area contributed by atoms with Crippen molar-refractivity contribution in [3.63, 3.8) is 0 Å². The summed E-state index contributed by atoms with van der Waals surface area (Å²) in [7, 11) is 0. The largest absolute Gasteiger partial charge is 0.471 e. The molecule has 7 nitrogen and oxygen atoms in total. The van der Waals surface area contributed by atoms with Crippen LogP contribution in [-0.2, 0) is 4.74 Å². The standard InChI is InChI=1S/C19H31N3O4/c1-13(2)15-7-9-16(10-8-15)25-14(3)21-17(23)22(12-11-20)18(24)26-19(4,5)6/h7-10,13-14H,11-12,20H2,1-6H3,(H,21,23). The molecule has 146 valence electrons. The Bertz CT molecular complexity index is 594. The van der Waals surface area contributed by atoms with Crippen LogP contribution in [0.2, 0.25) is 0 Å². The van der Waals surface area contributed by atoms with Crippen molar-refractivity contribution in [3.05, 3.63) is 29.8 Å². The molecule has 0 fully saturated rings. The van der Waals surface area contributed by atoms with Crippen LogP contribution in [-0.4, -0.2) is 41.9 Å². The maximum absolute atomic E-state index is 12.4. The van der Waals surface area contributed by atoms with E-state index in [1.807, 2.05) is 24.3 Å². The zero-order chi connectivity index (χ0) is 19.9. The monoisotopic (exact) mass is 365 g/mol. The second-order valence-electron chi connectivity index (χ2n) is 7.35. The number of urea groups is 1. The highest BCUT2D eigenvalue weighted by Gasteiger charge is 2.27. The minimum Gasteiger partial charge on any atom is -0.471 e. The van der Waals surface area contributed by atoms with Gasteiger partial charge in [0.15, 0.2) is 6.23 Å². The summed E-state index contributed by atoms with van der Waals surface area (Å²) < 4.78 is 10.9. The van der Waals surface area contributed by atoms with Crippen molar-refractivity contribution in [2.24, 2.45) is 5.73 Å². The molecule has 0 radical (unpaired) electrons. The summed E-state index contributed by atoms with van der Waals surface area (Å²) in [6, 6.07) is 7.05. The number of amides is 3. The lowest BCUT2D eigenvalue weighted by atomic mass is 10.0. The van der Waals surface area contributed by atoms with Crippen molar-refractivity contribution < 1.29 is 19.1 Å². The van der Waals surface area contributed by atoms with Crippen LogP contribution in [0.3, 0.4) is 0 Å². The molecule has 7 heteroatoms. The Labute approximate surface area is 155 Å². The molecule has 1 rings (SSSR count). The van der Waals surface area contributed by atoms with E-state index in [4.69, 9.17) is 15.2 Å². The molecule has 0 aliphatic rings. The first kappa shape index (κ1) is 21.8. The van der Waals surface area contributed by atoms with Crippen LogP contribution < -0.4 is 15.8 Å². The number of rotatable bonds is 6. The molecule has 3 N–H and O–H groups in total. The van der Waals surface area contributed by atoms with Crippen molar-refractivity contribution in [2.75, 3.05) is 13.1 Å². The smallest absolute Gasteiger partial charge is 0.418 e. The molecule has 1 aromatic carbocycles. The number of nitrogens with zero attached hydrogens (tertiary/aromatic N) is 1. The fourth-order valence-corrected chi connectivity index (χ4v) is 2.14. The lowest BCUT2D eigenvalue weighted by molar-refractivity contribution is 0.0314. The highest BCUT2D eigenvalue weighted by molar-refractivity contribution is 5.91. The number of hydrogen-bond donors (Lipinski definition) is 2. The van der Waals surface area contributed by atoms with E-state index < -0.39 is 24.0 Å². The third kappa shape index (κ3) is 7.31. The molecule has 0 spiro atoms. The van der Waals surface area contributed by atoms with Crippen molar-refractivity contribution in [2.45, 2.75) is 59.3 Å². The van der Waals surface area contributed by atoms with Crippen LogP contribution in [0.25, 0.3) is 0 Å². The third-order valence-electron chi connectivity index (χ3n) is 3.40. The number of hydrogen-bond acceptors (Lipinski definition) is 5. The lowest BCUT2D eigenvalue weighted by Gasteiger charge is -2.27. The van der Waals surface area contributed by atoms with Gasteiger partial charge in [0.05, 0.1) is 0 Å². The number of imide groups is 1. The lowest BCUT2D eigenvalue weighted by Crippen LogP contribution is -2.51. The first-order chi connectivity index (χ1) is 12.0. The van der Waals surface area contributed by atoms with Crippen molar-refractivity contribution in [1.29, 1.82) is 0 Å². The zero-order valence-corrected chi connectivity index (χ0v) is 16.5. The van der Waals surface area contributed by atoms with Crippen molar-refractivity contribution >= 4 is 12.1 Å². The van der Waals surface area contributed by atoms with Gasteiger partial charge in [0.2, 0.25) is 0 Å². The fraction of sp³-hybridized carbons (Fsp3) is 0.579. The normalized spacial score (nSPS) is 12.5. The molecule has 0 saturated carbocycles. The predicted molar refractivity (Wildman–Crippen MR) is 101 cm³/mol. The molecule has 1 atom stereocenters. The summed E-state index contributed by atoms with van der Waals surface area (Å²) in [6.45, 7) is 11.3. The van der Waals surface area contributed by atoms with E-state index in [1.165, 1.54) is 5.56 Å². The molecule has 0 aliphatic carbocycles. The van der Waals surface area contributed by atoms with Gasteiger partial charge in [-0.2, -0.15) is 0 Å². The van der Waals surface area contributed by atoms with E-state index in [2.05, 4.69) is 19.2 Å². The Balaban J connectivity index is 2.68. The maximum atomic E-state index is 12.4. The predicted octanol–water partition coefficient (Wildman–Crippen LogP) is 3.44. The molecule has 0 aromatic heterocycles. The zero-order valence-electron chi connectivity index (χ0n) is 16.5. The van der Waals surface area contributed by atoms with Gasteiger partial charge < -0.3 is 20.5 Å². The van der Waals surface area contributed by atoms with Crippen molar-refractivity contribution in [1.82, 2.24) is 10.2 Å². The molecule has 0 saturated heterocycles. The Morgan fingerprint density at radius 2 is 1.73 bits per heavy atom. The van der Waals surface area contributed by atoms with Gasteiger partial charge in [-0.25, -0.2) is 14.5 Å². The van der Waals surface area contributed by atoms with Gasteiger partial charge in [0.25, 0.3) is 0 Å². The van der Waals surface area contributed by atoms with Gasteiger partial charge in [-0.1, -0.05) is 26.0 Å². The van der Waals surface area contributed by atoms with Crippen molar-refractivity contribution in [3.8, 4) is 5.75 Å². The maximum Gasteiger partial charge on any atom is 0.418 e. The number of nitrogens with two attached hydrogens (primary N) is 1. The van der Waals surface area contributed by atoms with E-state index in [0.717, 1.165) is 4.90 Å². The number of ether oxygens (including phenoxy) is 2. The molecule has 0 heterocycles. The average molecular weight is 365 g/mol.